The maximum Gasteiger partial charge on any atom is 0.302 e. The van der Waals surface area contributed by atoms with Crippen LogP contribution in [0.4, 0.5) is 5.69 Å². The molecule has 7 N–H and O–H groups in total. The number of amides is 1. The van der Waals surface area contributed by atoms with Gasteiger partial charge >= 0.3 is 5.97 Å². The van der Waals surface area contributed by atoms with Crippen LogP contribution in [-0.4, -0.2) is 86.1 Å². The molecule has 13 nitrogen and oxygen atoms in total. The Balaban J connectivity index is 1.88. The average Bonchev–Trinajstić information content (AvgIpc) is 3.36. The number of esters is 1. The second-order valence-corrected chi connectivity index (χ2v) is 14.2. The van der Waals surface area contributed by atoms with Crippen molar-refractivity contribution in [3.05, 3.63) is 58.9 Å². The summed E-state index contributed by atoms with van der Waals surface area (Å²) < 4.78 is 17.1. The number of aromatic hydroxyl groups is 3. The minimum Gasteiger partial charge on any atom is -0.507 e. The highest BCUT2D eigenvalue weighted by molar-refractivity contribution is 6.19. The molecule has 0 aromatic heterocycles. The van der Waals surface area contributed by atoms with Crippen molar-refractivity contribution in [2.24, 2.45) is 29.6 Å². The number of anilines is 1. The molecule has 3 aliphatic rings. The summed E-state index contributed by atoms with van der Waals surface area (Å²) in [6.45, 7) is 12.7. The topological polar surface area (TPSA) is 212 Å². The maximum absolute atomic E-state index is 13.8. The van der Waals surface area contributed by atoms with Gasteiger partial charge in [0.1, 0.15) is 17.6 Å². The Morgan fingerprint density at radius 2 is 1.54 bits per heavy atom. The molecule has 6 bridgehead atoms. The van der Waals surface area contributed by atoms with Gasteiger partial charge in [-0.15, -0.1) is 0 Å². The molecule has 2 aromatic rings. The number of phenolic OH excluding ortho intramolecular Hbond substituents is 3. The molecule has 52 heavy (non-hydrogen) atoms. The zero-order valence-corrected chi connectivity index (χ0v) is 30.9. The van der Waals surface area contributed by atoms with E-state index in [1.54, 1.807) is 46.8 Å². The van der Waals surface area contributed by atoms with Gasteiger partial charge in [0.15, 0.2) is 11.5 Å². The van der Waals surface area contributed by atoms with Crippen LogP contribution in [0.2, 0.25) is 0 Å². The van der Waals surface area contributed by atoms with Crippen LogP contribution in [0.1, 0.15) is 75.9 Å². The number of hydrogen-bond donors (Lipinski definition) is 7. The van der Waals surface area contributed by atoms with Gasteiger partial charge in [0, 0.05) is 66.2 Å². The van der Waals surface area contributed by atoms with Crippen molar-refractivity contribution in [3.8, 4) is 17.2 Å². The number of benzene rings is 2. The molecule has 2 aliphatic heterocycles. The number of nitrogens with one attached hydrogen (secondary N) is 1. The van der Waals surface area contributed by atoms with Gasteiger partial charge in [0.05, 0.1) is 41.6 Å². The third-order valence-electron chi connectivity index (χ3n) is 10.8. The Kier molecular flexibility index (Phi) is 12.5. The van der Waals surface area contributed by atoms with Gasteiger partial charge in [-0.05, 0) is 31.1 Å². The fourth-order valence-corrected chi connectivity index (χ4v) is 7.55. The molecule has 13 heteroatoms. The lowest BCUT2D eigenvalue weighted by atomic mass is 9.78. The van der Waals surface area contributed by atoms with Gasteiger partial charge in [-0.2, -0.15) is 0 Å². The zero-order valence-electron chi connectivity index (χ0n) is 30.9. The summed E-state index contributed by atoms with van der Waals surface area (Å²) in [7, 11) is 1.43. The van der Waals surface area contributed by atoms with Gasteiger partial charge in [0.25, 0.3) is 5.91 Å². The quantitative estimate of drug-likeness (QED) is 0.128. The number of aliphatic hydroxyl groups is 3. The predicted molar refractivity (Wildman–Crippen MR) is 193 cm³/mol. The van der Waals surface area contributed by atoms with Gasteiger partial charge in [0.2, 0.25) is 6.29 Å². The molecular weight excluding hydrogens is 674 g/mol. The van der Waals surface area contributed by atoms with Crippen molar-refractivity contribution in [3.63, 3.8) is 0 Å². The van der Waals surface area contributed by atoms with E-state index in [1.807, 2.05) is 0 Å². The second kappa shape index (κ2) is 16.1. The molecule has 284 valence electrons. The average molecular weight is 726 g/mol. The highest BCUT2D eigenvalue weighted by atomic mass is 16.6. The molecule has 0 saturated heterocycles. The van der Waals surface area contributed by atoms with E-state index in [0.29, 0.717) is 0 Å². The SMILES string of the molecule is CO[C@H]1/C=C/O[C@@H](O)C2c3c(C)c(O)c4c(O)c(cc(O)c4c3C(=O)[C@@H]2C)NC(=O)/C(C)=C\C=C\[C@H](C)[C@H](O)[C@@H](C)[C@@H](O)[C@@H](C)[C@H](OC(C)=O)[C@@H]1C. The summed E-state index contributed by atoms with van der Waals surface area (Å²) in [6, 6.07) is 1.08. The molecule has 0 spiro atoms. The molecule has 1 aliphatic carbocycles. The highest BCUT2D eigenvalue weighted by Crippen LogP contribution is 2.54. The molecule has 2 aromatic carbocycles. The first kappa shape index (κ1) is 40.3. The number of allylic oxidation sites excluding steroid dienone is 2. The monoisotopic (exact) mass is 725 g/mol. The number of hydrogen-bond acceptors (Lipinski definition) is 12. The first-order valence-corrected chi connectivity index (χ1v) is 17.4. The van der Waals surface area contributed by atoms with Crippen molar-refractivity contribution in [2.45, 2.75) is 92.0 Å². The standard InChI is InChI=1S/C39H51NO12/c1-16-11-10-12-17(2)38(48)40-24-15-25(42)29-30-27(19(4)35(46)31(29)36(24)47)28(20(5)34(30)45)39(49)51-14-13-26(50-9)18(3)37(52-23(8)41)22(7)33(44)21(6)32(16)43/h10-16,18,20-22,26,28,32-33,37,39,42-44,46-47,49H,1-9H3,(H,40,48)/b11-10+,14-13+,17-12-/t16-,18+,20+,21+,22+,26-,28?,32-,33+,37+,39+/m0/s1. The number of methoxy groups -OCH3 is 1. The van der Waals surface area contributed by atoms with Crippen LogP contribution in [0.15, 0.2) is 42.2 Å². The van der Waals surface area contributed by atoms with Gasteiger partial charge in [-0.1, -0.05) is 52.8 Å². The smallest absolute Gasteiger partial charge is 0.302 e. The van der Waals surface area contributed by atoms with Crippen LogP contribution in [0.3, 0.4) is 0 Å². The van der Waals surface area contributed by atoms with E-state index in [4.69, 9.17) is 14.2 Å². The van der Waals surface area contributed by atoms with E-state index < -0.39 is 101 Å². The van der Waals surface area contributed by atoms with E-state index in [1.165, 1.54) is 46.3 Å². The predicted octanol–water partition coefficient (Wildman–Crippen LogP) is 4.70. The van der Waals surface area contributed by atoms with Gasteiger partial charge < -0.3 is 50.2 Å². The number of phenols is 3. The van der Waals surface area contributed by atoms with Crippen LogP contribution >= 0.6 is 0 Å². The Hall–Kier alpha value is -4.43. The summed E-state index contributed by atoms with van der Waals surface area (Å²) in [5.41, 5.74) is 0.361. The van der Waals surface area contributed by atoms with E-state index in [0.717, 1.165) is 6.07 Å². The third kappa shape index (κ3) is 7.54. The number of ketones is 1. The lowest BCUT2D eigenvalue weighted by Crippen LogP contribution is -2.46. The first-order valence-electron chi connectivity index (χ1n) is 17.4. The summed E-state index contributed by atoms with van der Waals surface area (Å²) in [5.74, 6) is -7.52. The Labute approximate surface area is 303 Å². The minimum atomic E-state index is -1.62. The van der Waals surface area contributed by atoms with Crippen LogP contribution in [0.25, 0.3) is 10.8 Å². The Morgan fingerprint density at radius 1 is 0.885 bits per heavy atom. The summed E-state index contributed by atoms with van der Waals surface area (Å²) in [6.07, 6.45) is 1.99. The maximum atomic E-state index is 13.8. The van der Waals surface area contributed by atoms with Crippen molar-refractivity contribution in [1.29, 1.82) is 0 Å². The number of carbonyl (C=O) groups is 3. The van der Waals surface area contributed by atoms with E-state index in [-0.39, 0.29) is 38.7 Å². The normalized spacial score (nSPS) is 34.2. The number of rotatable bonds is 2. The number of ether oxygens (including phenoxy) is 3. The van der Waals surface area contributed by atoms with Crippen molar-refractivity contribution in [2.75, 3.05) is 12.4 Å². The summed E-state index contributed by atoms with van der Waals surface area (Å²) in [5, 5.41) is 70.0. The molecule has 0 radical (unpaired) electrons. The zero-order chi connectivity index (χ0) is 38.9. The van der Waals surface area contributed by atoms with E-state index in [9.17, 15) is 45.0 Å². The van der Waals surface area contributed by atoms with Gasteiger partial charge in [-0.3, -0.25) is 14.4 Å². The van der Waals surface area contributed by atoms with Crippen LogP contribution < -0.4 is 5.32 Å². The van der Waals surface area contributed by atoms with Crippen molar-refractivity contribution < 1.29 is 59.2 Å². The fraction of sp³-hybridized carbons (Fsp3) is 0.513. The van der Waals surface area contributed by atoms with Crippen LogP contribution in [-0.2, 0) is 23.8 Å². The molecule has 5 rings (SSSR count). The molecule has 1 amide bonds. The number of Topliss-reactive ketones (excluding diaryl/α,β-unsaturated/α-hetero) is 1. The van der Waals surface area contributed by atoms with E-state index in [2.05, 4.69) is 5.32 Å². The van der Waals surface area contributed by atoms with Crippen LogP contribution in [0, 0.1) is 36.5 Å². The molecule has 0 saturated carbocycles. The highest BCUT2D eigenvalue weighted by Gasteiger charge is 2.46. The lowest BCUT2D eigenvalue weighted by Gasteiger charge is -2.38. The molecule has 2 heterocycles. The summed E-state index contributed by atoms with van der Waals surface area (Å²) >= 11 is 0. The molecular formula is C39H51NO12. The Morgan fingerprint density at radius 3 is 2.15 bits per heavy atom. The molecule has 11 atom stereocenters. The first-order chi connectivity index (χ1) is 24.3. The molecule has 1 unspecified atom stereocenters. The second-order valence-electron chi connectivity index (χ2n) is 14.2. The third-order valence-corrected chi connectivity index (χ3v) is 10.8. The van der Waals surface area contributed by atoms with Crippen molar-refractivity contribution in [1.82, 2.24) is 0 Å². The van der Waals surface area contributed by atoms with Crippen molar-refractivity contribution >= 4 is 34.1 Å². The van der Waals surface area contributed by atoms with Gasteiger partial charge in [-0.25, -0.2) is 0 Å². The minimum absolute atomic E-state index is 0.00228. The van der Waals surface area contributed by atoms with Crippen LogP contribution in [0.5, 0.6) is 17.2 Å². The fourth-order valence-electron chi connectivity index (χ4n) is 7.55. The lowest BCUT2D eigenvalue weighted by molar-refractivity contribution is -0.160. The Bertz CT molecular complexity index is 1800. The molecule has 0 fully saturated rings. The largest absolute Gasteiger partial charge is 0.507 e. The number of carbonyl (C=O) groups excluding carboxylic acids is 3. The van der Waals surface area contributed by atoms with E-state index >= 15 is 0 Å². The number of fused-ring (bicyclic) bond motifs is 16. The number of aliphatic hydroxyl groups excluding tert-OH is 3. The summed E-state index contributed by atoms with van der Waals surface area (Å²) in [4.78, 5) is 39.1.